The van der Waals surface area contributed by atoms with Crippen molar-refractivity contribution in [2.45, 2.75) is 56.0 Å². The van der Waals surface area contributed by atoms with Gasteiger partial charge in [0.2, 0.25) is 10.0 Å². The normalized spacial score (nSPS) is 14.9. The van der Waals surface area contributed by atoms with E-state index in [1.165, 1.54) is 6.26 Å². The fourth-order valence-corrected chi connectivity index (χ4v) is 4.71. The Kier molecular flexibility index (Phi) is 7.64. The van der Waals surface area contributed by atoms with E-state index >= 15 is 0 Å². The molecule has 0 spiro atoms. The maximum atomic E-state index is 12.5. The van der Waals surface area contributed by atoms with Crippen molar-refractivity contribution in [2.24, 2.45) is 0 Å². The van der Waals surface area contributed by atoms with Gasteiger partial charge in [-0.1, -0.05) is 31.4 Å². The summed E-state index contributed by atoms with van der Waals surface area (Å²) in [5.41, 5.74) is 0.864. The fourth-order valence-electron chi connectivity index (χ4n) is 3.40. The summed E-state index contributed by atoms with van der Waals surface area (Å²) in [5, 5.41) is 5.02. The Hall–Kier alpha value is -2.65. The fraction of sp³-hybridized carbons (Fsp3) is 0.429. The summed E-state index contributed by atoms with van der Waals surface area (Å²) in [6.07, 6.45) is 7.00. The maximum Gasteiger partial charge on any atom is 0.309 e. The second-order valence-electron chi connectivity index (χ2n) is 7.37. The molecule has 30 heavy (non-hydrogen) atoms. The largest absolute Gasteiger partial charge is 0.467 e. The molecule has 0 aliphatic heterocycles. The molecule has 0 saturated heterocycles. The highest BCUT2D eigenvalue weighted by Gasteiger charge is 2.21. The Balaban J connectivity index is 1.42. The minimum Gasteiger partial charge on any atom is -0.467 e. The predicted molar refractivity (Wildman–Crippen MR) is 111 cm³/mol. The van der Waals surface area contributed by atoms with Crippen molar-refractivity contribution < 1.29 is 22.4 Å². The molecule has 8 nitrogen and oxygen atoms in total. The van der Waals surface area contributed by atoms with E-state index in [1.807, 2.05) is 0 Å². The highest BCUT2D eigenvalue weighted by molar-refractivity contribution is 7.89. The van der Waals surface area contributed by atoms with Crippen LogP contribution in [0.15, 0.2) is 52.0 Å². The van der Waals surface area contributed by atoms with Gasteiger partial charge in [0.05, 0.1) is 17.7 Å². The van der Waals surface area contributed by atoms with E-state index in [9.17, 15) is 18.0 Å². The summed E-state index contributed by atoms with van der Waals surface area (Å²) in [6.45, 7) is 0.406. The van der Waals surface area contributed by atoms with Crippen molar-refractivity contribution in [3.63, 3.8) is 0 Å². The molecule has 0 unspecified atom stereocenters. The van der Waals surface area contributed by atoms with E-state index in [0.29, 0.717) is 12.2 Å². The first-order chi connectivity index (χ1) is 14.4. The zero-order valence-electron chi connectivity index (χ0n) is 16.7. The summed E-state index contributed by atoms with van der Waals surface area (Å²) in [7, 11) is -3.53. The number of benzene rings is 1. The second kappa shape index (κ2) is 10.4. The van der Waals surface area contributed by atoms with E-state index < -0.39 is 21.8 Å². The lowest BCUT2D eigenvalue weighted by Gasteiger charge is -2.22. The van der Waals surface area contributed by atoms with Crippen LogP contribution in [-0.2, 0) is 32.6 Å². The number of hydrogen-bond donors (Lipinski definition) is 3. The topological polar surface area (TPSA) is 118 Å². The lowest BCUT2D eigenvalue weighted by molar-refractivity contribution is -0.139. The summed E-state index contributed by atoms with van der Waals surface area (Å²) in [4.78, 5) is 23.8. The molecule has 1 aromatic heterocycles. The van der Waals surface area contributed by atoms with E-state index in [-0.39, 0.29) is 24.0 Å². The van der Waals surface area contributed by atoms with Gasteiger partial charge in [-0.15, -0.1) is 0 Å². The van der Waals surface area contributed by atoms with Crippen LogP contribution in [0, 0.1) is 0 Å². The van der Waals surface area contributed by atoms with Gasteiger partial charge in [0.25, 0.3) is 0 Å². The van der Waals surface area contributed by atoms with Crippen molar-refractivity contribution in [1.82, 2.24) is 15.4 Å². The van der Waals surface area contributed by atoms with Crippen LogP contribution < -0.4 is 15.4 Å². The first kappa shape index (κ1) is 22.0. The van der Waals surface area contributed by atoms with Crippen LogP contribution in [0.4, 0.5) is 0 Å². The number of rotatable bonds is 8. The van der Waals surface area contributed by atoms with Crippen LogP contribution in [0.2, 0.25) is 0 Å². The SMILES string of the molecule is O=C(NCCc1ccc(S(=O)(=O)NC2CCCCC2)cc1)C(=O)NCc1ccco1. The Labute approximate surface area is 176 Å². The number of carbonyl (C=O) groups excluding carboxylic acids is 2. The number of sulfonamides is 1. The summed E-state index contributed by atoms with van der Waals surface area (Å²) in [5.74, 6) is -0.900. The molecule has 2 amide bonds. The molecule has 1 aliphatic carbocycles. The lowest BCUT2D eigenvalue weighted by atomic mass is 9.96. The molecular formula is C21H27N3O5S. The van der Waals surface area contributed by atoms with Gasteiger partial charge < -0.3 is 15.1 Å². The van der Waals surface area contributed by atoms with E-state index in [1.54, 1.807) is 36.4 Å². The van der Waals surface area contributed by atoms with Crippen LogP contribution in [-0.4, -0.2) is 32.8 Å². The van der Waals surface area contributed by atoms with Gasteiger partial charge in [0.15, 0.2) is 0 Å². The standard InChI is InChI=1S/C21H27N3O5S/c25-20(21(26)23-15-18-7-4-14-29-18)22-13-12-16-8-10-19(11-9-16)30(27,28)24-17-5-2-1-3-6-17/h4,7-11,14,17,24H,1-3,5-6,12-13,15H2,(H,22,25)(H,23,26). The van der Waals surface area contributed by atoms with Gasteiger partial charge in [-0.3, -0.25) is 9.59 Å². The molecule has 162 valence electrons. The summed E-state index contributed by atoms with van der Waals surface area (Å²) < 4.78 is 32.9. The quantitative estimate of drug-likeness (QED) is 0.550. The molecule has 0 bridgehead atoms. The first-order valence-corrected chi connectivity index (χ1v) is 11.6. The molecule has 1 saturated carbocycles. The van der Waals surface area contributed by atoms with Gasteiger partial charge in [0.1, 0.15) is 5.76 Å². The minimum absolute atomic E-state index is 0.0116. The van der Waals surface area contributed by atoms with Crippen LogP contribution in [0.3, 0.4) is 0 Å². The zero-order valence-corrected chi connectivity index (χ0v) is 17.5. The van der Waals surface area contributed by atoms with Gasteiger partial charge in [-0.25, -0.2) is 13.1 Å². The number of amides is 2. The molecule has 1 aliphatic rings. The highest BCUT2D eigenvalue weighted by atomic mass is 32.2. The average Bonchev–Trinajstić information content (AvgIpc) is 3.26. The van der Waals surface area contributed by atoms with Gasteiger partial charge in [-0.05, 0) is 49.1 Å². The number of nitrogens with one attached hydrogen (secondary N) is 3. The van der Waals surface area contributed by atoms with Crippen molar-refractivity contribution in [1.29, 1.82) is 0 Å². The van der Waals surface area contributed by atoms with Crippen LogP contribution in [0.5, 0.6) is 0 Å². The van der Waals surface area contributed by atoms with E-state index in [0.717, 1.165) is 37.7 Å². The third-order valence-electron chi connectivity index (χ3n) is 5.07. The molecule has 1 aromatic carbocycles. The van der Waals surface area contributed by atoms with Crippen molar-refractivity contribution in [3.8, 4) is 0 Å². The predicted octanol–water partition coefficient (Wildman–Crippen LogP) is 1.87. The molecule has 9 heteroatoms. The average molecular weight is 434 g/mol. The smallest absolute Gasteiger partial charge is 0.309 e. The number of hydrogen-bond acceptors (Lipinski definition) is 5. The lowest BCUT2D eigenvalue weighted by Crippen LogP contribution is -2.40. The summed E-state index contributed by atoms with van der Waals surface area (Å²) >= 11 is 0. The van der Waals surface area contributed by atoms with Crippen molar-refractivity contribution in [3.05, 3.63) is 54.0 Å². The Morgan fingerprint density at radius 2 is 1.67 bits per heavy atom. The highest BCUT2D eigenvalue weighted by Crippen LogP contribution is 2.20. The van der Waals surface area contributed by atoms with Gasteiger partial charge >= 0.3 is 11.8 Å². The molecule has 3 rings (SSSR count). The third-order valence-corrected chi connectivity index (χ3v) is 6.61. The van der Waals surface area contributed by atoms with Crippen LogP contribution in [0.25, 0.3) is 0 Å². The van der Waals surface area contributed by atoms with Gasteiger partial charge in [-0.2, -0.15) is 0 Å². The molecule has 3 N–H and O–H groups in total. The molecule has 0 radical (unpaired) electrons. The Morgan fingerprint density at radius 1 is 0.967 bits per heavy atom. The molecule has 1 heterocycles. The van der Waals surface area contributed by atoms with E-state index in [4.69, 9.17) is 4.42 Å². The third kappa shape index (κ3) is 6.43. The van der Waals surface area contributed by atoms with Gasteiger partial charge in [0, 0.05) is 12.6 Å². The Bertz CT molecular complexity index is 934. The summed E-state index contributed by atoms with van der Waals surface area (Å²) in [6, 6.07) is 9.99. The molecule has 0 atom stereocenters. The van der Waals surface area contributed by atoms with Crippen molar-refractivity contribution >= 4 is 21.8 Å². The molecule has 2 aromatic rings. The van der Waals surface area contributed by atoms with E-state index in [2.05, 4.69) is 15.4 Å². The number of furan rings is 1. The number of carbonyl (C=O) groups is 2. The monoisotopic (exact) mass is 433 g/mol. The maximum absolute atomic E-state index is 12.5. The van der Waals surface area contributed by atoms with Crippen molar-refractivity contribution in [2.75, 3.05) is 6.54 Å². The zero-order chi connectivity index (χ0) is 21.4. The molecule has 1 fully saturated rings. The van der Waals surface area contributed by atoms with Crippen LogP contribution >= 0.6 is 0 Å². The second-order valence-corrected chi connectivity index (χ2v) is 9.08. The molecular weight excluding hydrogens is 406 g/mol. The first-order valence-electron chi connectivity index (χ1n) is 10.1. The van der Waals surface area contributed by atoms with Crippen LogP contribution in [0.1, 0.15) is 43.4 Å². The minimum atomic E-state index is -3.53. The Morgan fingerprint density at radius 3 is 2.33 bits per heavy atom.